The molecule has 2 aromatic carbocycles. The van der Waals surface area contributed by atoms with E-state index in [-0.39, 0.29) is 5.56 Å². The van der Waals surface area contributed by atoms with Crippen LogP contribution >= 0.6 is 0 Å². The summed E-state index contributed by atoms with van der Waals surface area (Å²) in [6, 6.07) is 17.3. The number of imidazole rings is 1. The van der Waals surface area contributed by atoms with E-state index >= 15 is 0 Å². The molecule has 7 heteroatoms. The zero-order chi connectivity index (χ0) is 22.8. The topological polar surface area (TPSA) is 61.5 Å². The number of rotatable bonds is 6. The number of aryl methyl sites for hydroxylation is 2. The van der Waals surface area contributed by atoms with E-state index in [0.717, 1.165) is 78.9 Å². The first-order valence-corrected chi connectivity index (χ1v) is 11.3. The quantitative estimate of drug-likeness (QED) is 0.452. The van der Waals surface area contributed by atoms with Gasteiger partial charge in [0.25, 0.3) is 0 Å². The first-order chi connectivity index (χ1) is 16.1. The van der Waals surface area contributed by atoms with Crippen molar-refractivity contribution < 1.29 is 9.47 Å². The number of hydrogen-bond donors (Lipinski definition) is 0. The lowest BCUT2D eigenvalue weighted by atomic mass is 10.1. The summed E-state index contributed by atoms with van der Waals surface area (Å²) in [4.78, 5) is 19.2. The number of pyridine rings is 1. The van der Waals surface area contributed by atoms with Crippen LogP contribution in [-0.4, -0.2) is 51.9 Å². The Morgan fingerprint density at radius 3 is 2.55 bits per heavy atom. The largest absolute Gasteiger partial charge is 0.454 e. The van der Waals surface area contributed by atoms with Crippen molar-refractivity contribution in [1.82, 2.24) is 19.0 Å². The number of aromatic nitrogens is 3. The molecular weight excluding hydrogens is 416 g/mol. The van der Waals surface area contributed by atoms with Crippen LogP contribution in [-0.2, 0) is 18.3 Å². The summed E-state index contributed by atoms with van der Waals surface area (Å²) in [6.07, 6.45) is 1.85. The monoisotopic (exact) mass is 444 g/mol. The number of para-hydroxylation sites is 1. The van der Waals surface area contributed by atoms with Crippen molar-refractivity contribution in [2.45, 2.75) is 13.5 Å². The minimum Gasteiger partial charge on any atom is -0.454 e. The highest BCUT2D eigenvalue weighted by Crippen LogP contribution is 2.39. The summed E-state index contributed by atoms with van der Waals surface area (Å²) in [6.45, 7) is 7.22. The minimum atomic E-state index is -0.0447. The van der Waals surface area contributed by atoms with Crippen molar-refractivity contribution in [3.05, 3.63) is 77.0 Å². The molecule has 0 amide bonds. The van der Waals surface area contributed by atoms with Gasteiger partial charge in [-0.15, -0.1) is 0 Å². The zero-order valence-corrected chi connectivity index (χ0v) is 19.0. The summed E-state index contributed by atoms with van der Waals surface area (Å²) in [7, 11) is 1.76. The van der Waals surface area contributed by atoms with E-state index in [2.05, 4.69) is 9.47 Å². The molecule has 1 aliphatic heterocycles. The second-order valence-corrected chi connectivity index (χ2v) is 8.36. The van der Waals surface area contributed by atoms with E-state index in [4.69, 9.17) is 14.5 Å². The first kappa shape index (κ1) is 21.4. The second kappa shape index (κ2) is 9.21. The van der Waals surface area contributed by atoms with E-state index in [1.807, 2.05) is 61.7 Å². The number of benzene rings is 2. The highest BCUT2D eigenvalue weighted by atomic mass is 16.5. The maximum absolute atomic E-state index is 12.0. The van der Waals surface area contributed by atoms with Crippen molar-refractivity contribution in [3.63, 3.8) is 0 Å². The Bertz CT molecular complexity index is 1320. The fraction of sp³-hybridized carbons (Fsp3) is 0.308. The van der Waals surface area contributed by atoms with Gasteiger partial charge >= 0.3 is 0 Å². The van der Waals surface area contributed by atoms with Gasteiger partial charge in [0.1, 0.15) is 17.1 Å². The number of ether oxygens (including phenoxy) is 2. The highest BCUT2D eigenvalue weighted by Gasteiger charge is 2.20. The van der Waals surface area contributed by atoms with Crippen LogP contribution in [0.15, 0.2) is 65.6 Å². The summed E-state index contributed by atoms with van der Waals surface area (Å²) in [5.74, 6) is 2.46. The van der Waals surface area contributed by atoms with Gasteiger partial charge in [0, 0.05) is 56.6 Å². The van der Waals surface area contributed by atoms with E-state index < -0.39 is 0 Å². The van der Waals surface area contributed by atoms with Crippen molar-refractivity contribution in [2.75, 3.05) is 32.8 Å². The average molecular weight is 445 g/mol. The predicted octanol–water partition coefficient (Wildman–Crippen LogP) is 3.83. The predicted molar refractivity (Wildman–Crippen MR) is 129 cm³/mol. The van der Waals surface area contributed by atoms with Gasteiger partial charge < -0.3 is 18.6 Å². The summed E-state index contributed by atoms with van der Waals surface area (Å²) in [5, 5.41) is 0. The van der Waals surface area contributed by atoms with Crippen LogP contribution < -0.4 is 10.3 Å². The van der Waals surface area contributed by atoms with Gasteiger partial charge in [0.2, 0.25) is 5.56 Å². The van der Waals surface area contributed by atoms with E-state index in [0.29, 0.717) is 0 Å². The van der Waals surface area contributed by atoms with E-state index in [1.165, 1.54) is 0 Å². The van der Waals surface area contributed by atoms with Gasteiger partial charge in [-0.2, -0.15) is 0 Å². The molecule has 0 atom stereocenters. The molecule has 0 spiro atoms. The smallest absolute Gasteiger partial charge is 0.250 e. The van der Waals surface area contributed by atoms with Crippen LogP contribution in [0.2, 0.25) is 0 Å². The molecule has 0 bridgehead atoms. The Balaban J connectivity index is 1.63. The van der Waals surface area contributed by atoms with Gasteiger partial charge in [-0.1, -0.05) is 18.2 Å². The molecular formula is C26H28N4O3. The molecule has 0 radical (unpaired) electrons. The fourth-order valence-corrected chi connectivity index (χ4v) is 4.34. The lowest BCUT2D eigenvalue weighted by Crippen LogP contribution is -2.38. The Labute approximate surface area is 192 Å². The maximum atomic E-state index is 12.0. The van der Waals surface area contributed by atoms with E-state index in [1.54, 1.807) is 17.7 Å². The van der Waals surface area contributed by atoms with Crippen molar-refractivity contribution in [3.8, 4) is 22.6 Å². The molecule has 5 rings (SSSR count). The SMILES string of the molecule is Cc1nc2ccc(-c3ccc(=O)n(C)c3)c(Oc3ccccc3)c2n1CCN1CCOCC1. The number of nitrogens with zero attached hydrogens (tertiary/aromatic N) is 4. The minimum absolute atomic E-state index is 0.0447. The Kier molecular flexibility index (Phi) is 5.98. The molecule has 2 aromatic heterocycles. The van der Waals surface area contributed by atoms with Gasteiger partial charge in [-0.05, 0) is 37.3 Å². The van der Waals surface area contributed by atoms with Crippen LogP contribution in [0.1, 0.15) is 5.82 Å². The van der Waals surface area contributed by atoms with Crippen molar-refractivity contribution in [1.29, 1.82) is 0 Å². The summed E-state index contributed by atoms with van der Waals surface area (Å²) >= 11 is 0. The third-order valence-corrected chi connectivity index (χ3v) is 6.16. The second-order valence-electron chi connectivity index (χ2n) is 8.36. The third kappa shape index (κ3) is 4.42. The lowest BCUT2D eigenvalue weighted by Gasteiger charge is -2.27. The summed E-state index contributed by atoms with van der Waals surface area (Å²) in [5.41, 5.74) is 3.67. The normalized spacial score (nSPS) is 14.6. The maximum Gasteiger partial charge on any atom is 0.250 e. The number of hydrogen-bond acceptors (Lipinski definition) is 5. The molecule has 1 aliphatic rings. The summed E-state index contributed by atoms with van der Waals surface area (Å²) < 4.78 is 15.8. The third-order valence-electron chi connectivity index (χ3n) is 6.16. The fourth-order valence-electron chi connectivity index (χ4n) is 4.34. The number of fused-ring (bicyclic) bond motifs is 1. The van der Waals surface area contributed by atoms with Crippen molar-refractivity contribution >= 4 is 11.0 Å². The van der Waals surface area contributed by atoms with Gasteiger partial charge in [0.15, 0.2) is 5.75 Å². The van der Waals surface area contributed by atoms with Crippen LogP contribution in [0, 0.1) is 6.92 Å². The highest BCUT2D eigenvalue weighted by molar-refractivity contribution is 5.91. The molecule has 4 aromatic rings. The Morgan fingerprint density at radius 1 is 1.00 bits per heavy atom. The van der Waals surface area contributed by atoms with Crippen LogP contribution in [0.4, 0.5) is 0 Å². The van der Waals surface area contributed by atoms with Crippen LogP contribution in [0.5, 0.6) is 11.5 Å². The van der Waals surface area contributed by atoms with E-state index in [9.17, 15) is 4.79 Å². The molecule has 3 heterocycles. The molecule has 1 saturated heterocycles. The van der Waals surface area contributed by atoms with Gasteiger partial charge in [-0.25, -0.2) is 4.98 Å². The first-order valence-electron chi connectivity index (χ1n) is 11.3. The molecule has 0 aliphatic carbocycles. The van der Waals surface area contributed by atoms with Gasteiger partial charge in [-0.3, -0.25) is 9.69 Å². The van der Waals surface area contributed by atoms with Crippen LogP contribution in [0.25, 0.3) is 22.2 Å². The molecule has 1 fully saturated rings. The zero-order valence-electron chi connectivity index (χ0n) is 19.0. The Hall–Kier alpha value is -3.42. The molecule has 7 nitrogen and oxygen atoms in total. The standard InChI is InChI=1S/C26H28N4O3/c1-19-27-23-10-9-22(20-8-11-24(31)28(2)18-20)26(33-21-6-4-3-5-7-21)25(23)30(19)13-12-29-14-16-32-17-15-29/h3-11,18H,12-17H2,1-2H3. The molecule has 0 N–H and O–H groups in total. The Morgan fingerprint density at radius 2 is 1.79 bits per heavy atom. The molecule has 170 valence electrons. The van der Waals surface area contributed by atoms with Gasteiger partial charge in [0.05, 0.1) is 18.7 Å². The van der Waals surface area contributed by atoms with Crippen molar-refractivity contribution in [2.24, 2.45) is 7.05 Å². The lowest BCUT2D eigenvalue weighted by molar-refractivity contribution is 0.0364. The molecule has 0 unspecified atom stereocenters. The average Bonchev–Trinajstić information content (AvgIpc) is 3.16. The van der Waals surface area contributed by atoms with Crippen LogP contribution in [0.3, 0.4) is 0 Å². The molecule has 33 heavy (non-hydrogen) atoms. The molecule has 0 saturated carbocycles. The number of morpholine rings is 1.